The number of nitrogens with two attached hydrogens (primary N) is 1. The normalized spacial score (nSPS) is 13.0. The molecule has 2 N–H and O–H groups in total. The summed E-state index contributed by atoms with van der Waals surface area (Å²) in [5.41, 5.74) is 0.139. The number of imidazole rings is 1. The van der Waals surface area contributed by atoms with Crippen molar-refractivity contribution in [2.24, 2.45) is 5.14 Å². The molecule has 2 rings (SSSR count). The van der Waals surface area contributed by atoms with Gasteiger partial charge in [0, 0.05) is 6.20 Å². The average molecular weight is 324 g/mol. The van der Waals surface area contributed by atoms with E-state index in [1.54, 1.807) is 0 Å². The van der Waals surface area contributed by atoms with E-state index >= 15 is 0 Å². The smallest absolute Gasteiger partial charge is 0.257 e. The van der Waals surface area contributed by atoms with Crippen LogP contribution in [-0.2, 0) is 19.9 Å². The lowest BCUT2D eigenvalue weighted by molar-refractivity contribution is 0.576. The average Bonchev–Trinajstić information content (AvgIpc) is 2.67. The molecule has 104 valence electrons. The molecule has 0 bridgehead atoms. The number of aromatic nitrogens is 2. The van der Waals surface area contributed by atoms with Crippen LogP contribution in [0.4, 0.5) is 0 Å². The van der Waals surface area contributed by atoms with Crippen LogP contribution in [0.5, 0.6) is 0 Å². The highest BCUT2D eigenvalue weighted by atomic mass is 35.5. The van der Waals surface area contributed by atoms with Gasteiger partial charge in [-0.2, -0.15) is 0 Å². The summed E-state index contributed by atoms with van der Waals surface area (Å²) in [4.78, 5) is 3.82. The maximum absolute atomic E-state index is 11.9. The number of hydrogen-bond acceptors (Lipinski definition) is 5. The fourth-order valence-electron chi connectivity index (χ4n) is 1.57. The Morgan fingerprint density at radius 3 is 2.47 bits per heavy atom. The summed E-state index contributed by atoms with van der Waals surface area (Å²) in [5, 5.41) is 4.17. The van der Waals surface area contributed by atoms with E-state index in [0.29, 0.717) is 0 Å². The summed E-state index contributed by atoms with van der Waals surface area (Å²) in [7, 11) is -8.08. The van der Waals surface area contributed by atoms with Crippen molar-refractivity contribution in [1.82, 2.24) is 9.38 Å². The maximum Gasteiger partial charge on any atom is 0.257 e. The fourth-order valence-corrected chi connectivity index (χ4v) is 4.04. The molecule has 0 aliphatic heterocycles. The fraction of sp³-hybridized carbons (Fsp3) is 0.222. The molecule has 0 fully saturated rings. The molecule has 0 unspecified atom stereocenters. The molecule has 0 aliphatic rings. The number of nitrogens with zero attached hydrogens (tertiary/aromatic N) is 2. The first-order valence-electron chi connectivity index (χ1n) is 5.10. The van der Waals surface area contributed by atoms with Crippen molar-refractivity contribution in [3.8, 4) is 0 Å². The molecule has 2 aromatic heterocycles. The Morgan fingerprint density at radius 2 is 1.95 bits per heavy atom. The van der Waals surface area contributed by atoms with Gasteiger partial charge in [0.2, 0.25) is 0 Å². The van der Waals surface area contributed by atoms with Gasteiger partial charge in [0.1, 0.15) is 5.65 Å². The summed E-state index contributed by atoms with van der Waals surface area (Å²) in [5.74, 6) is -0.285. The minimum absolute atomic E-state index is 0.139. The number of pyridine rings is 1. The van der Waals surface area contributed by atoms with Crippen LogP contribution in [0.2, 0.25) is 5.02 Å². The van der Waals surface area contributed by atoms with Crippen LogP contribution in [-0.4, -0.2) is 32.0 Å². The summed E-state index contributed by atoms with van der Waals surface area (Å²) in [6.07, 6.45) is 1.25. The quantitative estimate of drug-likeness (QED) is 0.880. The van der Waals surface area contributed by atoms with Crippen LogP contribution in [0.15, 0.2) is 28.4 Å². The van der Waals surface area contributed by atoms with Crippen molar-refractivity contribution in [3.63, 3.8) is 0 Å². The molecule has 10 heteroatoms. The molecular weight excluding hydrogens is 314 g/mol. The highest BCUT2D eigenvalue weighted by Gasteiger charge is 2.29. The number of fused-ring (bicyclic) bond motifs is 1. The van der Waals surface area contributed by atoms with Crippen molar-refractivity contribution in [2.75, 3.05) is 5.75 Å². The summed E-state index contributed by atoms with van der Waals surface area (Å²) < 4.78 is 48.1. The van der Waals surface area contributed by atoms with Crippen molar-refractivity contribution in [3.05, 3.63) is 23.4 Å². The van der Waals surface area contributed by atoms with Crippen molar-refractivity contribution in [1.29, 1.82) is 0 Å². The molecular formula is C9H10ClN3O4S2. The van der Waals surface area contributed by atoms with E-state index in [9.17, 15) is 16.8 Å². The van der Waals surface area contributed by atoms with E-state index in [0.717, 1.165) is 4.40 Å². The third-order valence-corrected chi connectivity index (χ3v) is 5.37. The van der Waals surface area contributed by atoms with Crippen LogP contribution >= 0.6 is 11.6 Å². The van der Waals surface area contributed by atoms with Gasteiger partial charge in [0.15, 0.2) is 19.9 Å². The minimum atomic E-state index is -4.26. The highest BCUT2D eigenvalue weighted by Crippen LogP contribution is 2.24. The molecule has 0 atom stereocenters. The van der Waals surface area contributed by atoms with Crippen molar-refractivity contribution >= 4 is 37.1 Å². The van der Waals surface area contributed by atoms with E-state index in [1.165, 1.54) is 25.3 Å². The van der Waals surface area contributed by atoms with Gasteiger partial charge in [-0.05, 0) is 12.1 Å². The Hall–Kier alpha value is -1.16. The molecule has 0 radical (unpaired) electrons. The zero-order valence-corrected chi connectivity index (χ0v) is 12.1. The second-order valence-corrected chi connectivity index (χ2v) is 7.85. The molecule has 0 amide bonds. The van der Waals surface area contributed by atoms with Crippen LogP contribution < -0.4 is 5.14 Å². The summed E-state index contributed by atoms with van der Waals surface area (Å²) >= 11 is 5.76. The van der Waals surface area contributed by atoms with Crippen LogP contribution in [0.25, 0.3) is 5.65 Å². The monoisotopic (exact) mass is 323 g/mol. The molecule has 0 saturated carbocycles. The van der Waals surface area contributed by atoms with Gasteiger partial charge >= 0.3 is 0 Å². The number of primary sulfonamides is 1. The van der Waals surface area contributed by atoms with Gasteiger partial charge in [-0.15, -0.1) is 0 Å². The molecule has 7 nitrogen and oxygen atoms in total. The molecule has 0 saturated heterocycles. The topological polar surface area (TPSA) is 112 Å². The first-order chi connectivity index (χ1) is 8.66. The van der Waals surface area contributed by atoms with E-state index in [4.69, 9.17) is 16.7 Å². The molecule has 0 spiro atoms. The molecule has 19 heavy (non-hydrogen) atoms. The second-order valence-electron chi connectivity index (χ2n) is 3.75. The van der Waals surface area contributed by atoms with Gasteiger partial charge < -0.3 is 0 Å². The van der Waals surface area contributed by atoms with Crippen LogP contribution in [0, 0.1) is 0 Å². The molecule has 0 aliphatic carbocycles. The standard InChI is InChI=1S/C9H10ClN3O4S2/c1-2-18(14,15)8-9(19(11,16)17)13-5-6(10)3-4-7(13)12-8/h3-5H,2H2,1H3,(H2,11,16,17). The predicted octanol–water partition coefficient (Wildman–Crippen LogP) is 0.429. The Balaban J connectivity index is 3.02. The number of sulfonamides is 1. The van der Waals surface area contributed by atoms with Gasteiger partial charge in [-0.1, -0.05) is 18.5 Å². The van der Waals surface area contributed by atoms with Crippen molar-refractivity contribution in [2.45, 2.75) is 17.0 Å². The van der Waals surface area contributed by atoms with Gasteiger partial charge in [-0.3, -0.25) is 4.40 Å². The highest BCUT2D eigenvalue weighted by molar-refractivity contribution is 7.93. The Labute approximate surface area is 115 Å². The Bertz CT molecular complexity index is 855. The van der Waals surface area contributed by atoms with E-state index < -0.39 is 29.9 Å². The number of hydrogen-bond donors (Lipinski definition) is 1. The lowest BCUT2D eigenvalue weighted by Crippen LogP contribution is -2.19. The zero-order chi connectivity index (χ0) is 14.4. The number of sulfone groups is 1. The molecule has 0 aromatic carbocycles. The van der Waals surface area contributed by atoms with Crippen LogP contribution in [0.3, 0.4) is 0 Å². The first kappa shape index (κ1) is 14.3. The third kappa shape index (κ3) is 2.46. The zero-order valence-electron chi connectivity index (χ0n) is 9.74. The van der Waals surface area contributed by atoms with E-state index in [2.05, 4.69) is 4.98 Å². The van der Waals surface area contributed by atoms with Gasteiger partial charge in [0.05, 0.1) is 10.8 Å². The van der Waals surface area contributed by atoms with E-state index in [-0.39, 0.29) is 16.4 Å². The number of rotatable bonds is 3. The van der Waals surface area contributed by atoms with Crippen molar-refractivity contribution < 1.29 is 16.8 Å². The van der Waals surface area contributed by atoms with Crippen LogP contribution in [0.1, 0.15) is 6.92 Å². The minimum Gasteiger partial charge on any atom is -0.287 e. The Kier molecular flexibility index (Phi) is 3.33. The molecule has 2 heterocycles. The van der Waals surface area contributed by atoms with Gasteiger partial charge in [-0.25, -0.2) is 27.0 Å². The Morgan fingerprint density at radius 1 is 1.32 bits per heavy atom. The first-order valence-corrected chi connectivity index (χ1v) is 8.67. The van der Waals surface area contributed by atoms with E-state index in [1.807, 2.05) is 0 Å². The largest absolute Gasteiger partial charge is 0.287 e. The molecule has 2 aromatic rings. The summed E-state index contributed by atoms with van der Waals surface area (Å²) in [6.45, 7) is 1.39. The lowest BCUT2D eigenvalue weighted by Gasteiger charge is -2.02. The van der Waals surface area contributed by atoms with Gasteiger partial charge in [0.25, 0.3) is 10.0 Å². The number of halogens is 1. The predicted molar refractivity (Wildman–Crippen MR) is 69.3 cm³/mol. The summed E-state index contributed by atoms with van der Waals surface area (Å²) in [6, 6.07) is 2.88. The SMILES string of the molecule is CCS(=O)(=O)c1nc2ccc(Cl)cn2c1S(N)(=O)=O. The maximum atomic E-state index is 11.9. The lowest BCUT2D eigenvalue weighted by atomic mass is 10.5. The third-order valence-electron chi connectivity index (χ3n) is 2.45. The second kappa shape index (κ2) is 4.44.